The van der Waals surface area contributed by atoms with Crippen molar-refractivity contribution in [2.24, 2.45) is 0 Å². The number of rotatable bonds is 6. The van der Waals surface area contributed by atoms with Gasteiger partial charge in [0.25, 0.3) is 0 Å². The zero-order valence-corrected chi connectivity index (χ0v) is 17.2. The van der Waals surface area contributed by atoms with E-state index in [1.54, 1.807) is 0 Å². The highest BCUT2D eigenvalue weighted by Crippen LogP contribution is 2.32. The number of hydrogen-bond acceptors (Lipinski definition) is 4. The molecule has 0 fully saturated rings. The summed E-state index contributed by atoms with van der Waals surface area (Å²) in [5.41, 5.74) is 3.59. The molecular weight excluding hydrogens is 427 g/mol. The number of nitrogens with one attached hydrogen (secondary N) is 2. The van der Waals surface area contributed by atoms with Gasteiger partial charge in [0.1, 0.15) is 6.54 Å². The zero-order valence-electron chi connectivity index (χ0n) is 16.4. The number of carbonyl (C=O) groups excluding carboxylic acids is 1. The normalized spacial score (nSPS) is 11.7. The molecule has 1 amide bonds. The zero-order chi connectivity index (χ0) is 22.0. The maximum atomic E-state index is 12.3. The molecule has 0 aliphatic carbocycles. The number of alkyl halides is 3. The van der Waals surface area contributed by atoms with Crippen molar-refractivity contribution in [3.8, 4) is 17.1 Å². The van der Waals surface area contributed by atoms with Gasteiger partial charge in [0.15, 0.2) is 11.0 Å². The van der Waals surface area contributed by atoms with Crippen LogP contribution in [0, 0.1) is 6.92 Å². The summed E-state index contributed by atoms with van der Waals surface area (Å²) in [6.45, 7) is 0.591. The molecule has 31 heavy (non-hydrogen) atoms. The number of aromatic nitrogens is 4. The predicted molar refractivity (Wildman–Crippen MR) is 113 cm³/mol. The number of halogens is 3. The second kappa shape index (κ2) is 8.46. The number of carbonyl (C=O) groups is 1. The molecule has 0 radical (unpaired) electrons. The number of thioether (sulfide) groups is 1. The first-order chi connectivity index (χ1) is 14.8. The lowest BCUT2D eigenvalue weighted by Gasteiger charge is -2.11. The Morgan fingerprint density at radius 3 is 2.74 bits per heavy atom. The lowest BCUT2D eigenvalue weighted by Crippen LogP contribution is -2.34. The maximum Gasteiger partial charge on any atom is 0.405 e. The van der Waals surface area contributed by atoms with Crippen molar-refractivity contribution in [2.75, 3.05) is 12.3 Å². The Morgan fingerprint density at radius 1 is 1.16 bits per heavy atom. The van der Waals surface area contributed by atoms with E-state index in [1.807, 2.05) is 71.5 Å². The van der Waals surface area contributed by atoms with Crippen LogP contribution in [-0.2, 0) is 4.79 Å². The Bertz CT molecular complexity index is 1230. The number of fused-ring (bicyclic) bond motifs is 1. The van der Waals surface area contributed by atoms with Crippen molar-refractivity contribution < 1.29 is 18.0 Å². The minimum absolute atomic E-state index is 0.214. The first-order valence-electron chi connectivity index (χ1n) is 9.37. The fourth-order valence-electron chi connectivity index (χ4n) is 3.17. The van der Waals surface area contributed by atoms with Gasteiger partial charge in [-0.05, 0) is 30.7 Å². The van der Waals surface area contributed by atoms with Crippen LogP contribution in [-0.4, -0.2) is 44.1 Å². The van der Waals surface area contributed by atoms with E-state index in [4.69, 9.17) is 0 Å². The van der Waals surface area contributed by atoms with Gasteiger partial charge < -0.3 is 10.3 Å². The van der Waals surface area contributed by atoms with E-state index in [0.717, 1.165) is 39.5 Å². The summed E-state index contributed by atoms with van der Waals surface area (Å²) in [4.78, 5) is 15.1. The van der Waals surface area contributed by atoms with Crippen molar-refractivity contribution in [3.63, 3.8) is 0 Å². The van der Waals surface area contributed by atoms with Crippen LogP contribution in [0.5, 0.6) is 0 Å². The number of benzene rings is 2. The number of amides is 1. The lowest BCUT2D eigenvalue weighted by atomic mass is 10.1. The summed E-state index contributed by atoms with van der Waals surface area (Å²) >= 11 is 1.03. The number of aryl methyl sites for hydroxylation is 1. The van der Waals surface area contributed by atoms with Crippen LogP contribution in [0.2, 0.25) is 0 Å². The highest BCUT2D eigenvalue weighted by atomic mass is 32.2. The molecule has 2 N–H and O–H groups in total. The molecule has 0 unspecified atom stereocenters. The van der Waals surface area contributed by atoms with Gasteiger partial charge in [0.05, 0.1) is 5.75 Å². The van der Waals surface area contributed by atoms with Crippen LogP contribution in [0.3, 0.4) is 0 Å². The molecule has 160 valence electrons. The van der Waals surface area contributed by atoms with E-state index in [9.17, 15) is 18.0 Å². The molecule has 0 aliphatic rings. The third-order valence-electron chi connectivity index (χ3n) is 4.54. The fraction of sp³-hybridized carbons (Fsp3) is 0.190. The molecular formula is C21H18F3N5OS. The molecule has 0 aliphatic heterocycles. The van der Waals surface area contributed by atoms with Crippen molar-refractivity contribution in [1.29, 1.82) is 0 Å². The number of para-hydroxylation sites is 1. The maximum absolute atomic E-state index is 12.3. The van der Waals surface area contributed by atoms with Gasteiger partial charge in [-0.2, -0.15) is 13.2 Å². The largest absolute Gasteiger partial charge is 0.405 e. The van der Waals surface area contributed by atoms with Crippen molar-refractivity contribution in [1.82, 2.24) is 25.1 Å². The van der Waals surface area contributed by atoms with E-state index < -0.39 is 18.6 Å². The van der Waals surface area contributed by atoms with E-state index in [-0.39, 0.29) is 5.75 Å². The summed E-state index contributed by atoms with van der Waals surface area (Å²) < 4.78 is 38.8. The molecule has 0 bridgehead atoms. The molecule has 4 rings (SSSR count). The summed E-state index contributed by atoms with van der Waals surface area (Å²) in [6.07, 6.45) is -2.62. The number of aromatic amines is 1. The quantitative estimate of drug-likeness (QED) is 0.429. The summed E-state index contributed by atoms with van der Waals surface area (Å²) in [7, 11) is 0. The molecule has 2 aromatic heterocycles. The minimum Gasteiger partial charge on any atom is -0.360 e. The molecule has 6 nitrogen and oxygen atoms in total. The van der Waals surface area contributed by atoms with Crippen LogP contribution in [0.1, 0.15) is 5.56 Å². The summed E-state index contributed by atoms with van der Waals surface area (Å²) in [5, 5.41) is 11.8. The standard InChI is InChI=1S/C21H18F3N5OS/c1-13-5-4-6-14(9-13)29-19(16-10-25-17-8-3-2-7-15(16)17)27-28-20(29)31-11-18(30)26-12-21(22,23)24/h2-10,25H,11-12H2,1H3,(H,26,30). The Labute approximate surface area is 179 Å². The Balaban J connectivity index is 1.69. The third kappa shape index (κ3) is 4.74. The Hall–Kier alpha value is -3.27. The average Bonchev–Trinajstić information content (AvgIpc) is 3.34. The van der Waals surface area contributed by atoms with Crippen LogP contribution in [0.15, 0.2) is 59.9 Å². The fourth-order valence-corrected chi connectivity index (χ4v) is 3.96. The molecule has 4 aromatic rings. The SMILES string of the molecule is Cc1cccc(-n2c(SCC(=O)NCC(F)(F)F)nnc2-c2c[nH]c3ccccc23)c1. The average molecular weight is 445 g/mol. The first-order valence-corrected chi connectivity index (χ1v) is 10.4. The van der Waals surface area contributed by atoms with Gasteiger partial charge in [0, 0.05) is 28.4 Å². The van der Waals surface area contributed by atoms with Gasteiger partial charge >= 0.3 is 6.18 Å². The Kier molecular flexibility index (Phi) is 5.73. The molecule has 2 aromatic carbocycles. The number of nitrogens with zero attached hydrogens (tertiary/aromatic N) is 3. The molecule has 0 saturated carbocycles. The van der Waals surface area contributed by atoms with Crippen LogP contribution in [0.25, 0.3) is 28.0 Å². The molecule has 0 atom stereocenters. The third-order valence-corrected chi connectivity index (χ3v) is 5.47. The summed E-state index contributed by atoms with van der Waals surface area (Å²) in [5.74, 6) is -0.371. The predicted octanol–water partition coefficient (Wildman–Crippen LogP) is 4.49. The van der Waals surface area contributed by atoms with E-state index in [1.165, 1.54) is 0 Å². The van der Waals surface area contributed by atoms with Gasteiger partial charge in [-0.25, -0.2) is 0 Å². The topological polar surface area (TPSA) is 75.6 Å². The van der Waals surface area contributed by atoms with E-state index in [0.29, 0.717) is 11.0 Å². The monoisotopic (exact) mass is 445 g/mol. The highest BCUT2D eigenvalue weighted by Gasteiger charge is 2.28. The number of hydrogen-bond donors (Lipinski definition) is 2. The molecule has 0 saturated heterocycles. The van der Waals surface area contributed by atoms with Crippen molar-refractivity contribution in [2.45, 2.75) is 18.3 Å². The second-order valence-corrected chi connectivity index (χ2v) is 7.85. The van der Waals surface area contributed by atoms with Crippen LogP contribution < -0.4 is 5.32 Å². The first kappa shape index (κ1) is 21.0. The van der Waals surface area contributed by atoms with Gasteiger partial charge in [0.2, 0.25) is 5.91 Å². The minimum atomic E-state index is -4.45. The van der Waals surface area contributed by atoms with Crippen molar-refractivity contribution >= 4 is 28.6 Å². The van der Waals surface area contributed by atoms with E-state index in [2.05, 4.69) is 15.2 Å². The van der Waals surface area contributed by atoms with E-state index >= 15 is 0 Å². The smallest absolute Gasteiger partial charge is 0.360 e. The van der Waals surface area contributed by atoms with Gasteiger partial charge in [-0.3, -0.25) is 9.36 Å². The van der Waals surface area contributed by atoms with Gasteiger partial charge in [-0.1, -0.05) is 42.1 Å². The van der Waals surface area contributed by atoms with Gasteiger partial charge in [-0.15, -0.1) is 10.2 Å². The Morgan fingerprint density at radius 2 is 1.97 bits per heavy atom. The highest BCUT2D eigenvalue weighted by molar-refractivity contribution is 7.99. The molecule has 0 spiro atoms. The van der Waals surface area contributed by atoms with Crippen LogP contribution in [0.4, 0.5) is 13.2 Å². The van der Waals surface area contributed by atoms with Crippen molar-refractivity contribution in [3.05, 3.63) is 60.3 Å². The number of H-pyrrole nitrogens is 1. The molecule has 10 heteroatoms. The lowest BCUT2D eigenvalue weighted by molar-refractivity contribution is -0.136. The molecule has 2 heterocycles. The second-order valence-electron chi connectivity index (χ2n) is 6.91. The van der Waals surface area contributed by atoms with Crippen LogP contribution >= 0.6 is 11.8 Å². The summed E-state index contributed by atoms with van der Waals surface area (Å²) in [6, 6.07) is 15.5.